The monoisotopic (exact) mass is 418 g/mol. The number of amides is 2. The Morgan fingerprint density at radius 2 is 1.83 bits per heavy atom. The number of carbonyl (C=O) groups is 3. The van der Waals surface area contributed by atoms with Gasteiger partial charge in [0.1, 0.15) is 11.5 Å². The lowest BCUT2D eigenvalue weighted by molar-refractivity contribution is -0.146. The van der Waals surface area contributed by atoms with Gasteiger partial charge in [-0.05, 0) is 18.2 Å². The Hall–Kier alpha value is -3.20. The van der Waals surface area contributed by atoms with Crippen molar-refractivity contribution in [3.8, 4) is 11.5 Å². The molecule has 0 spiro atoms. The smallest absolute Gasteiger partial charge is 0.310 e. The van der Waals surface area contributed by atoms with Gasteiger partial charge in [0.15, 0.2) is 6.61 Å². The zero-order valence-electron chi connectivity index (χ0n) is 16.1. The Morgan fingerprint density at radius 3 is 2.52 bits per heavy atom. The zero-order valence-corrected chi connectivity index (χ0v) is 16.9. The molecule has 0 unspecified atom stereocenters. The highest BCUT2D eigenvalue weighted by Crippen LogP contribution is 2.27. The minimum atomic E-state index is -0.569. The Bertz CT molecular complexity index is 887. The Morgan fingerprint density at radius 1 is 1.07 bits per heavy atom. The minimum Gasteiger partial charge on any atom is -0.497 e. The van der Waals surface area contributed by atoms with Gasteiger partial charge in [0.05, 0.1) is 32.1 Å². The summed E-state index contributed by atoms with van der Waals surface area (Å²) in [6.07, 6.45) is -0.0501. The molecule has 0 radical (unpaired) electrons. The van der Waals surface area contributed by atoms with Crippen molar-refractivity contribution < 1.29 is 28.6 Å². The summed E-state index contributed by atoms with van der Waals surface area (Å²) < 4.78 is 15.4. The van der Waals surface area contributed by atoms with Crippen molar-refractivity contribution in [2.45, 2.75) is 11.3 Å². The van der Waals surface area contributed by atoms with Crippen LogP contribution in [0.15, 0.2) is 47.4 Å². The van der Waals surface area contributed by atoms with Crippen molar-refractivity contribution in [3.63, 3.8) is 0 Å². The van der Waals surface area contributed by atoms with E-state index in [0.29, 0.717) is 27.6 Å². The number of hydrogen-bond acceptors (Lipinski definition) is 7. The number of rotatable bonds is 10. The highest BCUT2D eigenvalue weighted by atomic mass is 32.2. The van der Waals surface area contributed by atoms with Crippen LogP contribution in [0.25, 0.3) is 0 Å². The van der Waals surface area contributed by atoms with Crippen LogP contribution in [0.2, 0.25) is 0 Å². The fraction of sp³-hybridized carbons (Fsp3) is 0.250. The fourth-order valence-corrected chi connectivity index (χ4v) is 3.13. The third-order valence-corrected chi connectivity index (χ3v) is 4.82. The molecule has 0 saturated heterocycles. The molecule has 0 heterocycles. The van der Waals surface area contributed by atoms with Crippen LogP contribution >= 0.6 is 11.8 Å². The zero-order chi connectivity index (χ0) is 21.2. The Kier molecular flexibility index (Phi) is 8.35. The van der Waals surface area contributed by atoms with Crippen molar-refractivity contribution in [1.29, 1.82) is 0 Å². The normalized spacial score (nSPS) is 10.1. The first-order chi connectivity index (χ1) is 13.9. The number of carbonyl (C=O) groups excluding carboxylic acids is 3. The molecule has 0 aromatic heterocycles. The predicted octanol–water partition coefficient (Wildman–Crippen LogP) is 2.01. The van der Waals surface area contributed by atoms with Crippen LogP contribution in [-0.2, 0) is 25.5 Å². The van der Waals surface area contributed by atoms with Crippen molar-refractivity contribution in [3.05, 3.63) is 48.0 Å². The third-order valence-electron chi connectivity index (χ3n) is 3.72. The minimum absolute atomic E-state index is 0.0501. The van der Waals surface area contributed by atoms with Gasteiger partial charge >= 0.3 is 5.97 Å². The molecule has 8 nitrogen and oxygen atoms in total. The lowest BCUT2D eigenvalue weighted by Gasteiger charge is -2.12. The van der Waals surface area contributed by atoms with E-state index >= 15 is 0 Å². The quantitative estimate of drug-likeness (QED) is 0.448. The highest BCUT2D eigenvalue weighted by molar-refractivity contribution is 8.00. The summed E-state index contributed by atoms with van der Waals surface area (Å²) in [5.74, 6) is -0.338. The van der Waals surface area contributed by atoms with E-state index in [-0.39, 0.29) is 12.2 Å². The number of para-hydroxylation sites is 1. The second-order valence-corrected chi connectivity index (χ2v) is 6.83. The number of thioether (sulfide) groups is 1. The van der Waals surface area contributed by atoms with Crippen molar-refractivity contribution in [2.75, 3.05) is 31.9 Å². The van der Waals surface area contributed by atoms with Crippen LogP contribution in [0.5, 0.6) is 11.5 Å². The molecule has 0 aliphatic carbocycles. The van der Waals surface area contributed by atoms with Crippen LogP contribution in [0, 0.1) is 0 Å². The molecular formula is C20H22N2O6S. The lowest BCUT2D eigenvalue weighted by atomic mass is 10.1. The number of ether oxygens (including phenoxy) is 3. The van der Waals surface area contributed by atoms with Gasteiger partial charge in [0.2, 0.25) is 5.91 Å². The average Bonchev–Trinajstić information content (AvgIpc) is 2.71. The van der Waals surface area contributed by atoms with Gasteiger partial charge in [-0.3, -0.25) is 14.4 Å². The van der Waals surface area contributed by atoms with Gasteiger partial charge in [-0.1, -0.05) is 18.2 Å². The number of esters is 1. The second-order valence-electron chi connectivity index (χ2n) is 5.81. The lowest BCUT2D eigenvalue weighted by Crippen LogP contribution is -2.22. The number of primary amides is 1. The summed E-state index contributed by atoms with van der Waals surface area (Å²) in [5, 5.41) is 2.66. The van der Waals surface area contributed by atoms with Crippen molar-refractivity contribution in [1.82, 2.24) is 0 Å². The van der Waals surface area contributed by atoms with E-state index in [9.17, 15) is 14.4 Å². The van der Waals surface area contributed by atoms with E-state index in [1.54, 1.807) is 42.5 Å². The number of anilines is 1. The molecule has 2 aromatic rings. The summed E-state index contributed by atoms with van der Waals surface area (Å²) in [5.41, 5.74) is 6.28. The molecule has 29 heavy (non-hydrogen) atoms. The summed E-state index contributed by atoms with van der Waals surface area (Å²) in [4.78, 5) is 35.9. The van der Waals surface area contributed by atoms with E-state index in [1.165, 1.54) is 26.0 Å². The maximum absolute atomic E-state index is 12.1. The van der Waals surface area contributed by atoms with E-state index in [1.807, 2.05) is 0 Å². The van der Waals surface area contributed by atoms with Crippen molar-refractivity contribution >= 4 is 35.2 Å². The maximum atomic E-state index is 12.1. The first kappa shape index (κ1) is 22.1. The fourth-order valence-electron chi connectivity index (χ4n) is 2.38. The topological polar surface area (TPSA) is 117 Å². The van der Waals surface area contributed by atoms with Crippen molar-refractivity contribution in [2.24, 2.45) is 5.73 Å². The van der Waals surface area contributed by atoms with Gasteiger partial charge in [-0.25, -0.2) is 0 Å². The van der Waals surface area contributed by atoms with E-state index in [0.717, 1.165) is 0 Å². The molecule has 0 fully saturated rings. The standard InChI is InChI=1S/C20H22N2O6S/c1-26-14-8-7-13(16(10-14)27-2)9-20(25)28-11-19(24)22-15-5-3-4-6-17(15)29-12-18(21)23/h3-8,10H,9,11-12H2,1-2H3,(H2,21,23)(H,22,24). The average molecular weight is 418 g/mol. The number of methoxy groups -OCH3 is 2. The van der Waals surface area contributed by atoms with E-state index < -0.39 is 24.4 Å². The van der Waals surface area contributed by atoms with Gasteiger partial charge in [0.25, 0.3) is 5.91 Å². The molecule has 154 valence electrons. The maximum Gasteiger partial charge on any atom is 0.310 e. The second kappa shape index (κ2) is 11.0. The van der Waals surface area contributed by atoms with Gasteiger partial charge in [-0.2, -0.15) is 0 Å². The molecular weight excluding hydrogens is 396 g/mol. The van der Waals surface area contributed by atoms with E-state index in [4.69, 9.17) is 19.9 Å². The van der Waals surface area contributed by atoms with Gasteiger partial charge in [0, 0.05) is 16.5 Å². The molecule has 0 bridgehead atoms. The predicted molar refractivity (Wildman–Crippen MR) is 109 cm³/mol. The summed E-state index contributed by atoms with van der Waals surface area (Å²) >= 11 is 1.21. The molecule has 0 aliphatic heterocycles. The molecule has 2 aromatic carbocycles. The molecule has 0 saturated carbocycles. The van der Waals surface area contributed by atoms with Crippen LogP contribution in [0.4, 0.5) is 5.69 Å². The van der Waals surface area contributed by atoms with Crippen LogP contribution in [0.3, 0.4) is 0 Å². The van der Waals surface area contributed by atoms with E-state index in [2.05, 4.69) is 5.32 Å². The molecule has 0 aliphatic rings. The number of hydrogen-bond donors (Lipinski definition) is 2. The molecule has 9 heteroatoms. The summed E-state index contributed by atoms with van der Waals surface area (Å²) in [7, 11) is 3.02. The highest BCUT2D eigenvalue weighted by Gasteiger charge is 2.14. The first-order valence-corrected chi connectivity index (χ1v) is 9.58. The third kappa shape index (κ3) is 7.04. The SMILES string of the molecule is COc1ccc(CC(=O)OCC(=O)Nc2ccccc2SCC(N)=O)c(OC)c1. The first-order valence-electron chi connectivity index (χ1n) is 8.59. The number of benzene rings is 2. The van der Waals surface area contributed by atoms with Gasteiger partial charge in [-0.15, -0.1) is 11.8 Å². The molecule has 0 atom stereocenters. The largest absolute Gasteiger partial charge is 0.497 e. The van der Waals surface area contributed by atoms with Crippen LogP contribution in [-0.4, -0.2) is 44.4 Å². The van der Waals surface area contributed by atoms with Gasteiger partial charge < -0.3 is 25.3 Å². The summed E-state index contributed by atoms with van der Waals surface area (Å²) in [6, 6.07) is 12.0. The molecule has 3 N–H and O–H groups in total. The summed E-state index contributed by atoms with van der Waals surface area (Å²) in [6.45, 7) is -0.438. The Balaban J connectivity index is 1.90. The van der Waals surface area contributed by atoms with Crippen LogP contribution < -0.4 is 20.5 Å². The number of nitrogens with two attached hydrogens (primary N) is 1. The Labute approximate surface area is 172 Å². The molecule has 2 rings (SSSR count). The number of nitrogens with one attached hydrogen (secondary N) is 1. The van der Waals surface area contributed by atoms with Crippen LogP contribution in [0.1, 0.15) is 5.56 Å². The molecule has 2 amide bonds.